The fourth-order valence-corrected chi connectivity index (χ4v) is 5.75. The van der Waals surface area contributed by atoms with Crippen LogP contribution in [0.2, 0.25) is 0 Å². The number of rotatable bonds is 1. The van der Waals surface area contributed by atoms with Crippen molar-refractivity contribution < 1.29 is 9.90 Å². The normalized spacial score (nSPS) is 33.8. The number of likely N-dealkylation sites (tertiary alicyclic amines) is 1. The molecule has 25 heavy (non-hydrogen) atoms. The van der Waals surface area contributed by atoms with Gasteiger partial charge in [-0.05, 0) is 61.3 Å². The second-order valence-electron chi connectivity index (χ2n) is 8.27. The van der Waals surface area contributed by atoms with E-state index in [-0.39, 0.29) is 12.1 Å². The van der Waals surface area contributed by atoms with E-state index in [0.29, 0.717) is 23.6 Å². The van der Waals surface area contributed by atoms with Gasteiger partial charge in [0.2, 0.25) is 0 Å². The molecule has 0 aromatic heterocycles. The van der Waals surface area contributed by atoms with Crippen LogP contribution in [0, 0.1) is 11.8 Å². The third-order valence-electron chi connectivity index (χ3n) is 6.95. The molecule has 2 amide bonds. The summed E-state index contributed by atoms with van der Waals surface area (Å²) in [4.78, 5) is 17.5. The van der Waals surface area contributed by atoms with E-state index >= 15 is 0 Å². The number of nitrogens with zero attached hydrogens (tertiary/aromatic N) is 2. The van der Waals surface area contributed by atoms with E-state index in [4.69, 9.17) is 0 Å². The standard InChI is InChI=1S/C20H27N3O2/c24-19-6-3-4-14-15(19)7-8-17(14)21-20(25)23-11-13-10-22-9-2-1-5-18(22)16(13)12-23/h3-4,6,13,16-18,24H,1-2,5,7-12H2,(H,21,25)/t13-,16+,17+,18-/m0/s1. The number of piperidine rings is 1. The van der Waals surface area contributed by atoms with E-state index in [1.54, 1.807) is 6.07 Å². The Morgan fingerprint density at radius 2 is 2.08 bits per heavy atom. The maximum absolute atomic E-state index is 12.8. The first kappa shape index (κ1) is 15.5. The summed E-state index contributed by atoms with van der Waals surface area (Å²) in [7, 11) is 0. The Morgan fingerprint density at radius 3 is 3.00 bits per heavy atom. The molecule has 0 unspecified atom stereocenters. The molecule has 3 aliphatic heterocycles. The highest BCUT2D eigenvalue weighted by Gasteiger charge is 2.48. The van der Waals surface area contributed by atoms with Crippen LogP contribution in [0.1, 0.15) is 42.9 Å². The molecule has 0 saturated carbocycles. The molecule has 5 heteroatoms. The number of phenols is 1. The van der Waals surface area contributed by atoms with Crippen molar-refractivity contribution >= 4 is 6.03 Å². The summed E-state index contributed by atoms with van der Waals surface area (Å²) in [5, 5.41) is 13.2. The van der Waals surface area contributed by atoms with Crippen LogP contribution in [0.15, 0.2) is 18.2 Å². The first-order valence-corrected chi connectivity index (χ1v) is 9.81. The smallest absolute Gasteiger partial charge is 0.317 e. The summed E-state index contributed by atoms with van der Waals surface area (Å²) in [6, 6.07) is 6.47. The molecule has 1 aromatic rings. The largest absolute Gasteiger partial charge is 0.508 e. The predicted molar refractivity (Wildman–Crippen MR) is 95.5 cm³/mol. The fourth-order valence-electron chi connectivity index (χ4n) is 5.75. The molecule has 4 atom stereocenters. The minimum atomic E-state index is 0.0428. The molecule has 3 fully saturated rings. The van der Waals surface area contributed by atoms with Crippen LogP contribution in [0.5, 0.6) is 5.75 Å². The number of hydrogen-bond donors (Lipinski definition) is 2. The van der Waals surface area contributed by atoms with Crippen molar-refractivity contribution in [1.82, 2.24) is 15.1 Å². The summed E-state index contributed by atoms with van der Waals surface area (Å²) in [6.45, 7) is 4.26. The lowest BCUT2D eigenvalue weighted by atomic mass is 9.90. The summed E-state index contributed by atoms with van der Waals surface area (Å²) in [6.07, 6.45) is 5.73. The Kier molecular flexibility index (Phi) is 3.66. The van der Waals surface area contributed by atoms with Crippen LogP contribution in [0.4, 0.5) is 4.79 Å². The van der Waals surface area contributed by atoms with Gasteiger partial charge >= 0.3 is 6.03 Å². The molecule has 3 saturated heterocycles. The third-order valence-corrected chi connectivity index (χ3v) is 6.95. The Morgan fingerprint density at radius 1 is 1.16 bits per heavy atom. The summed E-state index contributed by atoms with van der Waals surface area (Å²) < 4.78 is 0. The zero-order valence-electron chi connectivity index (χ0n) is 14.7. The Bertz CT molecular complexity index is 692. The molecule has 1 aromatic carbocycles. The number of urea groups is 1. The van der Waals surface area contributed by atoms with Gasteiger partial charge < -0.3 is 15.3 Å². The molecule has 0 radical (unpaired) electrons. The number of benzene rings is 1. The molecule has 2 N–H and O–H groups in total. The van der Waals surface area contributed by atoms with Crippen LogP contribution in [0.3, 0.4) is 0 Å². The van der Waals surface area contributed by atoms with Gasteiger partial charge in [-0.3, -0.25) is 4.90 Å². The van der Waals surface area contributed by atoms with Crippen LogP contribution in [-0.2, 0) is 6.42 Å². The second kappa shape index (κ2) is 5.90. The number of nitrogens with one attached hydrogen (secondary N) is 1. The van der Waals surface area contributed by atoms with Crippen molar-refractivity contribution in [3.63, 3.8) is 0 Å². The van der Waals surface area contributed by atoms with E-state index in [2.05, 4.69) is 10.2 Å². The van der Waals surface area contributed by atoms with Gasteiger partial charge in [0.1, 0.15) is 5.75 Å². The molecule has 1 aliphatic carbocycles. The Labute approximate surface area is 149 Å². The molecule has 5 nitrogen and oxygen atoms in total. The number of carbonyl (C=O) groups is 1. The van der Waals surface area contributed by atoms with Crippen molar-refractivity contribution in [3.8, 4) is 5.75 Å². The highest BCUT2D eigenvalue weighted by atomic mass is 16.3. The SMILES string of the molecule is O=C(N[C@@H]1CCc2c(O)cccc21)N1C[C@@H]2CN3CCCC[C@H]3[C@@H]2C1. The highest BCUT2D eigenvalue weighted by Crippen LogP contribution is 2.41. The van der Waals surface area contributed by atoms with Crippen LogP contribution < -0.4 is 5.32 Å². The third kappa shape index (κ3) is 2.51. The van der Waals surface area contributed by atoms with Crippen molar-refractivity contribution in [2.45, 2.75) is 44.2 Å². The van der Waals surface area contributed by atoms with Gasteiger partial charge in [0.15, 0.2) is 0 Å². The molecule has 5 rings (SSSR count). The van der Waals surface area contributed by atoms with Crippen LogP contribution >= 0.6 is 0 Å². The lowest BCUT2D eigenvalue weighted by Gasteiger charge is -2.33. The molecule has 0 spiro atoms. The lowest BCUT2D eigenvalue weighted by molar-refractivity contribution is 0.153. The molecule has 3 heterocycles. The second-order valence-corrected chi connectivity index (χ2v) is 8.27. The monoisotopic (exact) mass is 341 g/mol. The Balaban J connectivity index is 1.25. The predicted octanol–water partition coefficient (Wildman–Crippen LogP) is 2.51. The van der Waals surface area contributed by atoms with E-state index < -0.39 is 0 Å². The van der Waals surface area contributed by atoms with Gasteiger partial charge in [-0.15, -0.1) is 0 Å². The number of fused-ring (bicyclic) bond motifs is 4. The molecule has 0 bridgehead atoms. The van der Waals surface area contributed by atoms with Crippen molar-refractivity contribution in [2.75, 3.05) is 26.2 Å². The van der Waals surface area contributed by atoms with E-state index in [1.807, 2.05) is 17.0 Å². The van der Waals surface area contributed by atoms with Crippen molar-refractivity contribution in [1.29, 1.82) is 0 Å². The summed E-state index contributed by atoms with van der Waals surface area (Å²) in [5.74, 6) is 1.70. The Hall–Kier alpha value is -1.75. The van der Waals surface area contributed by atoms with E-state index in [9.17, 15) is 9.90 Å². The minimum Gasteiger partial charge on any atom is -0.508 e. The topological polar surface area (TPSA) is 55.8 Å². The van der Waals surface area contributed by atoms with Gasteiger partial charge in [-0.25, -0.2) is 4.79 Å². The van der Waals surface area contributed by atoms with Gasteiger partial charge in [0.05, 0.1) is 6.04 Å². The quantitative estimate of drug-likeness (QED) is 0.825. The number of carbonyl (C=O) groups excluding carboxylic acids is 1. The number of aromatic hydroxyl groups is 1. The van der Waals surface area contributed by atoms with Crippen molar-refractivity contribution in [2.24, 2.45) is 11.8 Å². The van der Waals surface area contributed by atoms with Gasteiger partial charge in [-0.1, -0.05) is 18.6 Å². The zero-order valence-corrected chi connectivity index (χ0v) is 14.7. The van der Waals surface area contributed by atoms with Gasteiger partial charge in [0.25, 0.3) is 0 Å². The van der Waals surface area contributed by atoms with E-state index in [0.717, 1.165) is 37.1 Å². The average molecular weight is 341 g/mol. The summed E-state index contributed by atoms with van der Waals surface area (Å²) >= 11 is 0. The van der Waals surface area contributed by atoms with E-state index in [1.165, 1.54) is 32.4 Å². The van der Waals surface area contributed by atoms with Gasteiger partial charge in [-0.2, -0.15) is 0 Å². The maximum Gasteiger partial charge on any atom is 0.317 e. The van der Waals surface area contributed by atoms with Crippen molar-refractivity contribution in [3.05, 3.63) is 29.3 Å². The average Bonchev–Trinajstić information content (AvgIpc) is 3.28. The molecule has 4 aliphatic rings. The number of phenolic OH excluding ortho intramolecular Hbond substituents is 1. The maximum atomic E-state index is 12.8. The number of amides is 2. The fraction of sp³-hybridized carbons (Fsp3) is 0.650. The van der Waals surface area contributed by atoms with Crippen LogP contribution in [-0.4, -0.2) is 53.2 Å². The molecule has 134 valence electrons. The molecular formula is C20H27N3O2. The lowest BCUT2D eigenvalue weighted by Crippen LogP contribution is -2.44. The van der Waals surface area contributed by atoms with Crippen LogP contribution in [0.25, 0.3) is 0 Å². The zero-order chi connectivity index (χ0) is 17.0. The first-order chi connectivity index (χ1) is 12.2. The summed E-state index contributed by atoms with van der Waals surface area (Å²) in [5.41, 5.74) is 2.09. The molecular weight excluding hydrogens is 314 g/mol. The number of hydrogen-bond acceptors (Lipinski definition) is 3. The minimum absolute atomic E-state index is 0.0428. The highest BCUT2D eigenvalue weighted by molar-refractivity contribution is 5.75. The van der Waals surface area contributed by atoms with Gasteiger partial charge in [0, 0.05) is 25.7 Å². The first-order valence-electron chi connectivity index (χ1n) is 9.81.